The molecule has 2 aromatic rings. The van der Waals surface area contributed by atoms with Crippen LogP contribution < -0.4 is 5.73 Å². The fraction of sp³-hybridized carbons (Fsp3) is 0.417. The lowest BCUT2D eigenvalue weighted by molar-refractivity contribution is 0.651. The van der Waals surface area contributed by atoms with E-state index in [2.05, 4.69) is 9.97 Å². The van der Waals surface area contributed by atoms with Gasteiger partial charge in [0.1, 0.15) is 11.3 Å². The van der Waals surface area contributed by atoms with E-state index in [0.29, 0.717) is 17.0 Å². The highest BCUT2D eigenvalue weighted by molar-refractivity contribution is 6.34. The molecule has 0 radical (unpaired) electrons. The van der Waals surface area contributed by atoms with Crippen LogP contribution in [0.1, 0.15) is 31.0 Å². The van der Waals surface area contributed by atoms with Gasteiger partial charge < -0.3 is 10.7 Å². The number of imidazole rings is 1. The molecule has 1 heterocycles. The van der Waals surface area contributed by atoms with Gasteiger partial charge in [0.15, 0.2) is 0 Å². The predicted octanol–water partition coefficient (Wildman–Crippen LogP) is 2.81. The zero-order chi connectivity index (χ0) is 11.1. The smallest absolute Gasteiger partial charge is 0.110 e. The molecular weight excluding hydrogens is 222 g/mol. The van der Waals surface area contributed by atoms with Crippen molar-refractivity contribution in [1.29, 1.82) is 0 Å². The summed E-state index contributed by atoms with van der Waals surface area (Å²) in [6.45, 7) is 0. The van der Waals surface area contributed by atoms with E-state index in [-0.39, 0.29) is 0 Å². The van der Waals surface area contributed by atoms with Crippen molar-refractivity contribution in [2.45, 2.75) is 31.2 Å². The Labute approximate surface area is 99.0 Å². The van der Waals surface area contributed by atoms with Crippen molar-refractivity contribution in [2.24, 2.45) is 5.73 Å². The maximum absolute atomic E-state index is 6.10. The van der Waals surface area contributed by atoms with E-state index < -0.39 is 0 Å². The number of H-pyrrole nitrogens is 1. The van der Waals surface area contributed by atoms with Gasteiger partial charge in [0.05, 0.1) is 10.5 Å². The van der Waals surface area contributed by atoms with Gasteiger partial charge in [0.2, 0.25) is 0 Å². The molecule has 0 unspecified atom stereocenters. The second-order valence-corrected chi connectivity index (χ2v) is 4.94. The van der Waals surface area contributed by atoms with Crippen molar-refractivity contribution in [3.05, 3.63) is 29.0 Å². The molecule has 84 valence electrons. The van der Waals surface area contributed by atoms with E-state index in [1.165, 1.54) is 0 Å². The lowest BCUT2D eigenvalue weighted by Crippen LogP contribution is -2.14. The first-order chi connectivity index (χ1) is 7.74. The third kappa shape index (κ3) is 1.60. The van der Waals surface area contributed by atoms with Gasteiger partial charge in [0, 0.05) is 12.0 Å². The van der Waals surface area contributed by atoms with Crippen LogP contribution in [0.4, 0.5) is 0 Å². The highest BCUT2D eigenvalue weighted by atomic mass is 35.5. The highest BCUT2D eigenvalue weighted by Crippen LogP contribution is 2.33. The van der Waals surface area contributed by atoms with Crippen molar-refractivity contribution in [3.8, 4) is 0 Å². The molecule has 1 saturated carbocycles. The van der Waals surface area contributed by atoms with Crippen molar-refractivity contribution >= 4 is 22.6 Å². The standard InChI is InChI=1S/C12H14ClN3/c13-9-2-1-3-10-11(9)16-12(15-10)7-4-5-8(14)6-7/h1-3,7-8H,4-6,14H2,(H,15,16)/t7-,8+/m1/s1. The summed E-state index contributed by atoms with van der Waals surface area (Å²) in [5.74, 6) is 1.51. The molecule has 0 saturated heterocycles. The van der Waals surface area contributed by atoms with E-state index >= 15 is 0 Å². The van der Waals surface area contributed by atoms with Crippen LogP contribution in [-0.2, 0) is 0 Å². The summed E-state index contributed by atoms with van der Waals surface area (Å²) in [5.41, 5.74) is 7.81. The molecule has 1 aliphatic rings. The molecule has 0 aliphatic heterocycles. The van der Waals surface area contributed by atoms with Gasteiger partial charge in [-0.05, 0) is 31.4 Å². The van der Waals surface area contributed by atoms with Crippen LogP contribution in [0.2, 0.25) is 5.02 Å². The molecule has 0 bridgehead atoms. The van der Waals surface area contributed by atoms with Crippen molar-refractivity contribution < 1.29 is 0 Å². The Morgan fingerprint density at radius 1 is 1.38 bits per heavy atom. The second-order valence-electron chi connectivity index (χ2n) is 4.53. The third-order valence-electron chi connectivity index (χ3n) is 3.34. The number of nitrogens with zero attached hydrogens (tertiary/aromatic N) is 1. The summed E-state index contributed by atoms with van der Waals surface area (Å²) in [5, 5.41) is 0.710. The quantitative estimate of drug-likeness (QED) is 0.799. The normalized spacial score (nSPS) is 25.4. The summed E-state index contributed by atoms with van der Waals surface area (Å²) >= 11 is 6.10. The van der Waals surface area contributed by atoms with Crippen LogP contribution >= 0.6 is 11.6 Å². The average Bonchev–Trinajstić information content (AvgIpc) is 2.84. The number of nitrogens with two attached hydrogens (primary N) is 1. The van der Waals surface area contributed by atoms with Gasteiger partial charge in [-0.15, -0.1) is 0 Å². The number of hydrogen-bond donors (Lipinski definition) is 2. The summed E-state index contributed by atoms with van der Waals surface area (Å²) in [6, 6.07) is 6.14. The third-order valence-corrected chi connectivity index (χ3v) is 3.65. The Balaban J connectivity index is 2.02. The molecule has 3 N–H and O–H groups in total. The van der Waals surface area contributed by atoms with E-state index in [9.17, 15) is 0 Å². The van der Waals surface area contributed by atoms with E-state index in [1.807, 2.05) is 18.2 Å². The zero-order valence-electron chi connectivity index (χ0n) is 8.91. The fourth-order valence-corrected chi connectivity index (χ4v) is 2.69. The number of aromatic amines is 1. The monoisotopic (exact) mass is 235 g/mol. The van der Waals surface area contributed by atoms with Gasteiger partial charge in [-0.1, -0.05) is 17.7 Å². The number of nitrogens with one attached hydrogen (secondary N) is 1. The molecule has 3 rings (SSSR count). The molecule has 0 spiro atoms. The lowest BCUT2D eigenvalue weighted by atomic mass is 10.1. The van der Waals surface area contributed by atoms with Crippen molar-refractivity contribution in [2.75, 3.05) is 0 Å². The number of para-hydroxylation sites is 1. The number of rotatable bonds is 1. The molecule has 4 heteroatoms. The maximum atomic E-state index is 6.10. The van der Waals surface area contributed by atoms with E-state index in [4.69, 9.17) is 17.3 Å². The summed E-state index contributed by atoms with van der Waals surface area (Å²) in [6.07, 6.45) is 3.24. The van der Waals surface area contributed by atoms with Crippen LogP contribution in [0.5, 0.6) is 0 Å². The van der Waals surface area contributed by atoms with E-state index in [1.54, 1.807) is 0 Å². The van der Waals surface area contributed by atoms with E-state index in [0.717, 1.165) is 36.1 Å². The van der Waals surface area contributed by atoms with Gasteiger partial charge >= 0.3 is 0 Å². The Hall–Kier alpha value is -1.06. The molecule has 1 aromatic carbocycles. The minimum atomic E-state index is 0.327. The van der Waals surface area contributed by atoms with Crippen LogP contribution in [0.25, 0.3) is 11.0 Å². The molecule has 3 nitrogen and oxygen atoms in total. The van der Waals surface area contributed by atoms with Crippen LogP contribution in [-0.4, -0.2) is 16.0 Å². The summed E-state index contributed by atoms with van der Waals surface area (Å²) in [7, 11) is 0. The fourth-order valence-electron chi connectivity index (χ4n) is 2.47. The largest absolute Gasteiger partial charge is 0.342 e. The van der Waals surface area contributed by atoms with Crippen molar-refractivity contribution in [1.82, 2.24) is 9.97 Å². The number of hydrogen-bond acceptors (Lipinski definition) is 2. The second kappa shape index (κ2) is 3.75. The Morgan fingerprint density at radius 2 is 2.25 bits per heavy atom. The molecule has 16 heavy (non-hydrogen) atoms. The molecule has 2 atom stereocenters. The van der Waals surface area contributed by atoms with Gasteiger partial charge in [-0.2, -0.15) is 0 Å². The van der Waals surface area contributed by atoms with Crippen LogP contribution in [0.15, 0.2) is 18.2 Å². The topological polar surface area (TPSA) is 54.7 Å². The minimum Gasteiger partial charge on any atom is -0.342 e. The minimum absolute atomic E-state index is 0.327. The van der Waals surface area contributed by atoms with Crippen LogP contribution in [0.3, 0.4) is 0 Å². The van der Waals surface area contributed by atoms with Crippen molar-refractivity contribution in [3.63, 3.8) is 0 Å². The number of benzene rings is 1. The lowest BCUT2D eigenvalue weighted by Gasteiger charge is -2.04. The maximum Gasteiger partial charge on any atom is 0.110 e. The Kier molecular flexibility index (Phi) is 2.37. The molecule has 1 aliphatic carbocycles. The first-order valence-electron chi connectivity index (χ1n) is 5.64. The molecule has 1 fully saturated rings. The highest BCUT2D eigenvalue weighted by Gasteiger charge is 2.25. The van der Waals surface area contributed by atoms with Gasteiger partial charge in [0.25, 0.3) is 0 Å². The first-order valence-corrected chi connectivity index (χ1v) is 6.01. The summed E-state index contributed by atoms with van der Waals surface area (Å²) < 4.78 is 0. The van der Waals surface area contributed by atoms with Gasteiger partial charge in [-0.3, -0.25) is 0 Å². The van der Waals surface area contributed by atoms with Crippen LogP contribution in [0, 0.1) is 0 Å². The Bertz CT molecular complexity index is 520. The molecular formula is C12H14ClN3. The number of aromatic nitrogens is 2. The first kappa shape index (κ1) is 10.1. The molecule has 1 aromatic heterocycles. The Morgan fingerprint density at radius 3 is 2.94 bits per heavy atom. The number of halogens is 1. The number of fused-ring (bicyclic) bond motifs is 1. The SMILES string of the molecule is N[C@H]1CC[C@@H](c2nc3c(Cl)cccc3[nH]2)C1. The molecule has 0 amide bonds. The summed E-state index contributed by atoms with van der Waals surface area (Å²) in [4.78, 5) is 7.93. The average molecular weight is 236 g/mol. The van der Waals surface area contributed by atoms with Gasteiger partial charge in [-0.25, -0.2) is 4.98 Å². The predicted molar refractivity (Wildman–Crippen MR) is 65.7 cm³/mol. The zero-order valence-corrected chi connectivity index (χ0v) is 9.67.